The Morgan fingerprint density at radius 2 is 1.84 bits per heavy atom. The zero-order valence-electron chi connectivity index (χ0n) is 13.2. The number of fused-ring (bicyclic) bond motifs is 1. The fourth-order valence-corrected chi connectivity index (χ4v) is 4.38. The highest BCUT2D eigenvalue weighted by atomic mass is 32.1. The lowest BCUT2D eigenvalue weighted by atomic mass is 10.2. The van der Waals surface area contributed by atoms with E-state index in [2.05, 4.69) is 15.6 Å². The third kappa shape index (κ3) is 3.47. The zero-order chi connectivity index (χ0) is 17.2. The Hall–Kier alpha value is -2.51. The second kappa shape index (κ2) is 6.78. The molecule has 25 heavy (non-hydrogen) atoms. The van der Waals surface area contributed by atoms with E-state index in [1.54, 1.807) is 41.7 Å². The maximum Gasteiger partial charge on any atom is 0.265 e. The fourth-order valence-electron chi connectivity index (χ4n) is 2.72. The van der Waals surface area contributed by atoms with E-state index in [1.807, 2.05) is 11.4 Å². The number of rotatable bonds is 4. The van der Waals surface area contributed by atoms with Gasteiger partial charge in [-0.15, -0.1) is 22.7 Å². The summed E-state index contributed by atoms with van der Waals surface area (Å²) in [5.41, 5.74) is 2.31. The molecular formula is C18H15N3O2S2. The van der Waals surface area contributed by atoms with Crippen molar-refractivity contribution in [3.05, 3.63) is 62.8 Å². The first kappa shape index (κ1) is 16.0. The van der Waals surface area contributed by atoms with Crippen LogP contribution in [-0.4, -0.2) is 16.8 Å². The second-order valence-electron chi connectivity index (χ2n) is 5.71. The number of hydrogen-bond acceptors (Lipinski definition) is 5. The minimum Gasteiger partial charge on any atom is -0.321 e. The van der Waals surface area contributed by atoms with Crippen LogP contribution in [-0.2, 0) is 12.8 Å². The van der Waals surface area contributed by atoms with E-state index >= 15 is 0 Å². The summed E-state index contributed by atoms with van der Waals surface area (Å²) in [6.07, 6.45) is 3.21. The Balaban J connectivity index is 1.40. The number of anilines is 2. The van der Waals surface area contributed by atoms with Crippen LogP contribution in [0.1, 0.15) is 37.0 Å². The lowest BCUT2D eigenvalue weighted by Gasteiger charge is -2.05. The van der Waals surface area contributed by atoms with Crippen molar-refractivity contribution in [2.45, 2.75) is 19.3 Å². The molecule has 5 nitrogen and oxygen atoms in total. The van der Waals surface area contributed by atoms with E-state index < -0.39 is 0 Å². The average molecular weight is 369 g/mol. The Morgan fingerprint density at radius 1 is 1.00 bits per heavy atom. The number of aromatic nitrogens is 1. The number of carbonyl (C=O) groups is 2. The van der Waals surface area contributed by atoms with E-state index in [9.17, 15) is 9.59 Å². The zero-order valence-corrected chi connectivity index (χ0v) is 14.9. The normalized spacial score (nSPS) is 12.6. The molecule has 0 unspecified atom stereocenters. The molecule has 0 fully saturated rings. The maximum atomic E-state index is 12.3. The van der Waals surface area contributed by atoms with E-state index in [0.29, 0.717) is 21.3 Å². The van der Waals surface area contributed by atoms with Crippen LogP contribution in [0.2, 0.25) is 0 Å². The quantitative estimate of drug-likeness (QED) is 0.724. The number of benzene rings is 1. The molecule has 4 rings (SSSR count). The van der Waals surface area contributed by atoms with Crippen LogP contribution in [0.5, 0.6) is 0 Å². The third-order valence-corrected chi connectivity index (χ3v) is 5.91. The summed E-state index contributed by atoms with van der Waals surface area (Å²) < 4.78 is 0. The standard InChI is InChI=1S/C18H15N3O2S2/c22-16(21-18-20-13-3-1-4-14(13)25-18)11-6-8-12(9-7-11)19-17(23)15-5-2-10-24-15/h2,5-10H,1,3-4H2,(H,19,23)(H,20,21,22). The summed E-state index contributed by atoms with van der Waals surface area (Å²) >= 11 is 2.94. The molecule has 0 saturated heterocycles. The fraction of sp³-hybridized carbons (Fsp3) is 0.167. The van der Waals surface area contributed by atoms with Crippen LogP contribution in [0.15, 0.2) is 41.8 Å². The largest absolute Gasteiger partial charge is 0.321 e. The monoisotopic (exact) mass is 369 g/mol. The first-order chi connectivity index (χ1) is 12.2. The van der Waals surface area contributed by atoms with Gasteiger partial charge in [-0.25, -0.2) is 4.98 Å². The summed E-state index contributed by atoms with van der Waals surface area (Å²) in [5.74, 6) is -0.340. The Morgan fingerprint density at radius 3 is 2.56 bits per heavy atom. The van der Waals surface area contributed by atoms with Crippen molar-refractivity contribution in [2.24, 2.45) is 0 Å². The van der Waals surface area contributed by atoms with Crippen LogP contribution in [0.4, 0.5) is 10.8 Å². The van der Waals surface area contributed by atoms with Crippen molar-refractivity contribution in [1.29, 1.82) is 0 Å². The van der Waals surface area contributed by atoms with E-state index in [-0.39, 0.29) is 11.8 Å². The molecule has 2 aromatic heterocycles. The highest BCUT2D eigenvalue weighted by Crippen LogP contribution is 2.30. The molecule has 2 heterocycles. The van der Waals surface area contributed by atoms with Gasteiger partial charge >= 0.3 is 0 Å². The molecule has 1 aliphatic carbocycles. The van der Waals surface area contributed by atoms with Crippen LogP contribution in [0.3, 0.4) is 0 Å². The second-order valence-corrected chi connectivity index (χ2v) is 7.74. The molecule has 2 N–H and O–H groups in total. The molecule has 0 spiro atoms. The molecule has 7 heteroatoms. The van der Waals surface area contributed by atoms with Crippen molar-refractivity contribution in [3.63, 3.8) is 0 Å². The number of nitrogens with zero attached hydrogens (tertiary/aromatic N) is 1. The van der Waals surface area contributed by atoms with Crippen LogP contribution < -0.4 is 10.6 Å². The van der Waals surface area contributed by atoms with Gasteiger partial charge in [-0.05, 0) is 55.0 Å². The highest BCUT2D eigenvalue weighted by Gasteiger charge is 2.18. The van der Waals surface area contributed by atoms with Gasteiger partial charge in [-0.2, -0.15) is 0 Å². The number of aryl methyl sites for hydroxylation is 2. The van der Waals surface area contributed by atoms with Crippen molar-refractivity contribution < 1.29 is 9.59 Å². The lowest BCUT2D eigenvalue weighted by molar-refractivity contribution is 0.102. The van der Waals surface area contributed by atoms with Gasteiger partial charge in [0.25, 0.3) is 11.8 Å². The van der Waals surface area contributed by atoms with Gasteiger partial charge in [0.2, 0.25) is 0 Å². The first-order valence-electron chi connectivity index (χ1n) is 7.94. The summed E-state index contributed by atoms with van der Waals surface area (Å²) in [6.45, 7) is 0. The molecule has 2 amide bonds. The minimum absolute atomic E-state index is 0.149. The van der Waals surface area contributed by atoms with Crippen molar-refractivity contribution in [2.75, 3.05) is 10.6 Å². The molecule has 0 radical (unpaired) electrons. The third-order valence-electron chi connectivity index (χ3n) is 3.97. The number of thiophene rings is 1. The molecule has 0 bridgehead atoms. The van der Waals surface area contributed by atoms with E-state index in [4.69, 9.17) is 0 Å². The van der Waals surface area contributed by atoms with E-state index in [0.717, 1.165) is 25.0 Å². The molecule has 126 valence electrons. The minimum atomic E-state index is -0.191. The molecule has 0 aliphatic heterocycles. The summed E-state index contributed by atoms with van der Waals surface area (Å²) in [5, 5.41) is 8.18. The molecule has 1 aromatic carbocycles. The Labute approximate surface area is 152 Å². The van der Waals surface area contributed by atoms with Crippen LogP contribution >= 0.6 is 22.7 Å². The lowest BCUT2D eigenvalue weighted by Crippen LogP contribution is -2.13. The van der Waals surface area contributed by atoms with Crippen molar-refractivity contribution in [3.8, 4) is 0 Å². The summed E-state index contributed by atoms with van der Waals surface area (Å²) in [4.78, 5) is 30.8. The van der Waals surface area contributed by atoms with Gasteiger partial charge in [0.05, 0.1) is 10.6 Å². The van der Waals surface area contributed by atoms with Gasteiger partial charge < -0.3 is 5.32 Å². The number of carbonyl (C=O) groups excluding carboxylic acids is 2. The number of hydrogen-bond donors (Lipinski definition) is 2. The number of nitrogens with one attached hydrogen (secondary N) is 2. The number of amides is 2. The number of thiazole rings is 1. The van der Waals surface area contributed by atoms with E-state index in [1.165, 1.54) is 16.2 Å². The van der Waals surface area contributed by atoms with Crippen molar-refractivity contribution in [1.82, 2.24) is 4.98 Å². The maximum absolute atomic E-state index is 12.3. The summed E-state index contributed by atoms with van der Waals surface area (Å²) in [6, 6.07) is 10.4. The topological polar surface area (TPSA) is 71.1 Å². The van der Waals surface area contributed by atoms with Crippen LogP contribution in [0, 0.1) is 0 Å². The van der Waals surface area contributed by atoms with Gasteiger partial charge in [-0.3, -0.25) is 14.9 Å². The predicted octanol–water partition coefficient (Wildman–Crippen LogP) is 4.20. The van der Waals surface area contributed by atoms with Gasteiger partial charge in [0.1, 0.15) is 0 Å². The average Bonchev–Trinajstić information content (AvgIpc) is 3.32. The Kier molecular flexibility index (Phi) is 4.33. The smallest absolute Gasteiger partial charge is 0.265 e. The van der Waals surface area contributed by atoms with Gasteiger partial charge in [0, 0.05) is 16.1 Å². The molecule has 0 atom stereocenters. The van der Waals surface area contributed by atoms with Crippen molar-refractivity contribution >= 4 is 45.3 Å². The van der Waals surface area contributed by atoms with Gasteiger partial charge in [-0.1, -0.05) is 6.07 Å². The van der Waals surface area contributed by atoms with Gasteiger partial charge in [0.15, 0.2) is 5.13 Å². The SMILES string of the molecule is O=C(Nc1nc2c(s1)CCC2)c1ccc(NC(=O)c2cccs2)cc1. The molecule has 3 aromatic rings. The summed E-state index contributed by atoms with van der Waals surface area (Å²) in [7, 11) is 0. The molecule has 1 aliphatic rings. The highest BCUT2D eigenvalue weighted by molar-refractivity contribution is 7.16. The predicted molar refractivity (Wildman–Crippen MR) is 101 cm³/mol. The molecule has 0 saturated carbocycles. The first-order valence-corrected chi connectivity index (χ1v) is 9.63. The molecular weight excluding hydrogens is 354 g/mol. The Bertz CT molecular complexity index is 893. The van der Waals surface area contributed by atoms with Crippen LogP contribution in [0.25, 0.3) is 0 Å².